The second-order valence-electron chi connectivity index (χ2n) is 4.55. The van der Waals surface area contributed by atoms with Gasteiger partial charge in [-0.1, -0.05) is 12.1 Å². The molecule has 2 N–H and O–H groups in total. The van der Waals surface area contributed by atoms with E-state index in [4.69, 9.17) is 4.74 Å². The third kappa shape index (κ3) is 4.18. The molecule has 0 radical (unpaired) electrons. The maximum absolute atomic E-state index is 13.4. The van der Waals surface area contributed by atoms with Gasteiger partial charge < -0.3 is 15.4 Å². The molecule has 0 unspecified atom stereocenters. The molecule has 0 fully saturated rings. The van der Waals surface area contributed by atoms with Crippen LogP contribution in [0, 0.1) is 11.6 Å². The van der Waals surface area contributed by atoms with E-state index in [0.717, 1.165) is 17.8 Å². The van der Waals surface area contributed by atoms with E-state index in [2.05, 4.69) is 10.6 Å². The molecule has 0 saturated carbocycles. The Kier molecular flexibility index (Phi) is 5.30. The van der Waals surface area contributed by atoms with E-state index in [-0.39, 0.29) is 6.42 Å². The van der Waals surface area contributed by atoms with E-state index < -0.39 is 23.2 Å². The molecule has 0 aliphatic heterocycles. The molecular weight excluding hydrogens is 290 g/mol. The summed E-state index contributed by atoms with van der Waals surface area (Å²) in [6, 6.07) is 10.7. The summed E-state index contributed by atoms with van der Waals surface area (Å²) in [5, 5.41) is 5.27. The first kappa shape index (κ1) is 15.8. The highest BCUT2D eigenvalue weighted by molar-refractivity contribution is 5.91. The average molecular weight is 306 g/mol. The highest BCUT2D eigenvalue weighted by Crippen LogP contribution is 2.19. The van der Waals surface area contributed by atoms with Crippen molar-refractivity contribution in [3.63, 3.8) is 0 Å². The molecule has 22 heavy (non-hydrogen) atoms. The van der Waals surface area contributed by atoms with Crippen LogP contribution >= 0.6 is 0 Å². The van der Waals surface area contributed by atoms with Crippen LogP contribution in [0.2, 0.25) is 0 Å². The normalized spacial score (nSPS) is 10.1. The largest absolute Gasteiger partial charge is 0.497 e. The van der Waals surface area contributed by atoms with E-state index in [0.29, 0.717) is 12.3 Å². The van der Waals surface area contributed by atoms with Crippen LogP contribution in [0.15, 0.2) is 42.5 Å². The van der Waals surface area contributed by atoms with E-state index >= 15 is 0 Å². The van der Waals surface area contributed by atoms with Crippen LogP contribution in [0.25, 0.3) is 0 Å². The summed E-state index contributed by atoms with van der Waals surface area (Å²) < 4.78 is 31.9. The van der Waals surface area contributed by atoms with Crippen molar-refractivity contribution in [2.45, 2.75) is 6.42 Å². The molecule has 0 aliphatic carbocycles. The summed E-state index contributed by atoms with van der Waals surface area (Å²) in [5.74, 6) is -1.37. The van der Waals surface area contributed by atoms with Crippen molar-refractivity contribution in [2.24, 2.45) is 0 Å². The van der Waals surface area contributed by atoms with E-state index in [1.807, 2.05) is 12.1 Å². The number of carbonyl (C=O) groups is 1. The van der Waals surface area contributed by atoms with Crippen LogP contribution in [0.3, 0.4) is 0 Å². The van der Waals surface area contributed by atoms with Crippen LogP contribution in [0.1, 0.15) is 6.42 Å². The average Bonchev–Trinajstić information content (AvgIpc) is 2.51. The minimum absolute atomic E-state index is 0.0744. The van der Waals surface area contributed by atoms with Crippen molar-refractivity contribution >= 4 is 17.3 Å². The van der Waals surface area contributed by atoms with Gasteiger partial charge in [-0.05, 0) is 24.3 Å². The van der Waals surface area contributed by atoms with Gasteiger partial charge in [0.25, 0.3) is 0 Å². The number of benzene rings is 2. The van der Waals surface area contributed by atoms with Crippen LogP contribution in [0.4, 0.5) is 20.2 Å². The molecule has 0 aromatic heterocycles. The summed E-state index contributed by atoms with van der Waals surface area (Å²) >= 11 is 0. The first-order chi connectivity index (χ1) is 10.6. The Bertz CT molecular complexity index is 642. The molecule has 2 aromatic carbocycles. The number of rotatable bonds is 6. The lowest BCUT2D eigenvalue weighted by molar-refractivity contribution is -0.116. The van der Waals surface area contributed by atoms with Crippen molar-refractivity contribution < 1.29 is 18.3 Å². The zero-order valence-electron chi connectivity index (χ0n) is 12.0. The second kappa shape index (κ2) is 7.40. The molecular formula is C16H16F2N2O2. The Hall–Kier alpha value is -2.63. The quantitative estimate of drug-likeness (QED) is 0.860. The molecule has 0 bridgehead atoms. The van der Waals surface area contributed by atoms with Crippen LogP contribution < -0.4 is 15.4 Å². The standard InChI is InChI=1S/C16H16F2N2O2/c1-22-12-5-2-4-11(10-12)19-9-8-15(21)20-16-13(17)6-3-7-14(16)18/h2-7,10,19H,8-9H2,1H3,(H,20,21). The predicted molar refractivity (Wildman–Crippen MR) is 81.1 cm³/mol. The molecule has 6 heteroatoms. The number of halogens is 2. The minimum atomic E-state index is -0.797. The van der Waals surface area contributed by atoms with Gasteiger partial charge in [-0.2, -0.15) is 0 Å². The lowest BCUT2D eigenvalue weighted by Crippen LogP contribution is -2.17. The fraction of sp³-hybridized carbons (Fsp3) is 0.188. The third-order valence-corrected chi connectivity index (χ3v) is 2.98. The molecule has 1 amide bonds. The molecule has 0 spiro atoms. The zero-order chi connectivity index (χ0) is 15.9. The number of nitrogens with one attached hydrogen (secondary N) is 2. The summed E-state index contributed by atoms with van der Waals surface area (Å²) in [6.07, 6.45) is 0.0744. The Morgan fingerprint density at radius 3 is 2.50 bits per heavy atom. The second-order valence-corrected chi connectivity index (χ2v) is 4.55. The molecule has 0 atom stereocenters. The SMILES string of the molecule is COc1cccc(NCCC(=O)Nc2c(F)cccc2F)c1. The molecule has 2 rings (SSSR count). The molecule has 0 saturated heterocycles. The lowest BCUT2D eigenvalue weighted by atomic mass is 10.2. The first-order valence-electron chi connectivity index (χ1n) is 6.72. The maximum atomic E-state index is 13.4. The van der Waals surface area contributed by atoms with Gasteiger partial charge >= 0.3 is 0 Å². The Labute approximate surface area is 127 Å². The van der Waals surface area contributed by atoms with E-state index in [1.165, 1.54) is 6.07 Å². The van der Waals surface area contributed by atoms with Gasteiger partial charge in [-0.25, -0.2) is 8.78 Å². The van der Waals surface area contributed by atoms with Crippen molar-refractivity contribution in [3.8, 4) is 5.75 Å². The zero-order valence-corrected chi connectivity index (χ0v) is 12.0. The fourth-order valence-electron chi connectivity index (χ4n) is 1.87. The summed E-state index contributed by atoms with van der Waals surface area (Å²) in [4.78, 5) is 11.7. The number of methoxy groups -OCH3 is 1. The van der Waals surface area contributed by atoms with Gasteiger partial charge in [0.05, 0.1) is 7.11 Å². The summed E-state index contributed by atoms with van der Waals surface area (Å²) in [6.45, 7) is 0.328. The van der Waals surface area contributed by atoms with Crippen molar-refractivity contribution in [1.29, 1.82) is 0 Å². The molecule has 4 nitrogen and oxygen atoms in total. The highest BCUT2D eigenvalue weighted by Gasteiger charge is 2.11. The Morgan fingerprint density at radius 2 is 1.82 bits per heavy atom. The maximum Gasteiger partial charge on any atom is 0.226 e. The van der Waals surface area contributed by atoms with Crippen LogP contribution in [0.5, 0.6) is 5.75 Å². The highest BCUT2D eigenvalue weighted by atomic mass is 19.1. The van der Waals surface area contributed by atoms with Crippen molar-refractivity contribution in [1.82, 2.24) is 0 Å². The van der Waals surface area contributed by atoms with Gasteiger partial charge in [0, 0.05) is 24.7 Å². The Morgan fingerprint density at radius 1 is 1.14 bits per heavy atom. The fourth-order valence-corrected chi connectivity index (χ4v) is 1.87. The van der Waals surface area contributed by atoms with Gasteiger partial charge in [0.1, 0.15) is 23.1 Å². The number of anilines is 2. The predicted octanol–water partition coefficient (Wildman–Crippen LogP) is 3.41. The van der Waals surface area contributed by atoms with Crippen LogP contribution in [-0.2, 0) is 4.79 Å². The number of ether oxygens (including phenoxy) is 1. The number of amides is 1. The Balaban J connectivity index is 1.85. The number of hydrogen-bond donors (Lipinski definition) is 2. The third-order valence-electron chi connectivity index (χ3n) is 2.98. The van der Waals surface area contributed by atoms with Gasteiger partial charge in [-0.15, -0.1) is 0 Å². The number of carbonyl (C=O) groups excluding carboxylic acids is 1. The summed E-state index contributed by atoms with van der Waals surface area (Å²) in [5.41, 5.74) is 0.373. The van der Waals surface area contributed by atoms with Gasteiger partial charge in [0.15, 0.2) is 0 Å². The molecule has 0 aliphatic rings. The van der Waals surface area contributed by atoms with E-state index in [9.17, 15) is 13.6 Å². The smallest absolute Gasteiger partial charge is 0.226 e. The topological polar surface area (TPSA) is 50.4 Å². The minimum Gasteiger partial charge on any atom is -0.497 e. The molecule has 0 heterocycles. The number of hydrogen-bond acceptors (Lipinski definition) is 3. The monoisotopic (exact) mass is 306 g/mol. The number of para-hydroxylation sites is 1. The van der Waals surface area contributed by atoms with Gasteiger partial charge in [-0.3, -0.25) is 4.79 Å². The lowest BCUT2D eigenvalue weighted by Gasteiger charge is -2.09. The first-order valence-corrected chi connectivity index (χ1v) is 6.72. The van der Waals surface area contributed by atoms with Crippen LogP contribution in [-0.4, -0.2) is 19.6 Å². The van der Waals surface area contributed by atoms with Crippen molar-refractivity contribution in [3.05, 3.63) is 54.1 Å². The summed E-state index contributed by atoms with van der Waals surface area (Å²) in [7, 11) is 1.56. The van der Waals surface area contributed by atoms with Crippen molar-refractivity contribution in [2.75, 3.05) is 24.3 Å². The van der Waals surface area contributed by atoms with E-state index in [1.54, 1.807) is 19.2 Å². The van der Waals surface area contributed by atoms with Gasteiger partial charge in [0.2, 0.25) is 5.91 Å². The molecule has 2 aromatic rings. The molecule has 116 valence electrons.